The molecule has 0 atom stereocenters. The van der Waals surface area contributed by atoms with E-state index < -0.39 is 24.5 Å². The zero-order valence-electron chi connectivity index (χ0n) is 43.6. The second kappa shape index (κ2) is 15.1. The first kappa shape index (κ1) is 32.2. The van der Waals surface area contributed by atoms with Crippen LogP contribution >= 0.6 is 0 Å². The van der Waals surface area contributed by atoms with E-state index in [0.717, 1.165) is 60.5 Å². The summed E-state index contributed by atoms with van der Waals surface area (Å²) in [6, 6.07) is 43.4. The smallest absolute Gasteiger partial charge is 0.269 e. The summed E-state index contributed by atoms with van der Waals surface area (Å²) in [7, 11) is 0. The minimum Gasteiger partial charge on any atom is -0.460 e. The van der Waals surface area contributed by atoms with Gasteiger partial charge in [0.05, 0.1) is 46.6 Å². The largest absolute Gasteiger partial charge is 0.460 e. The molecule has 312 valence electrons. The van der Waals surface area contributed by atoms with Gasteiger partial charge >= 0.3 is 0 Å². The number of pyridine rings is 1. The summed E-state index contributed by atoms with van der Waals surface area (Å²) >= 11 is 0. The van der Waals surface area contributed by atoms with E-state index in [1.165, 1.54) is 0 Å². The van der Waals surface area contributed by atoms with Gasteiger partial charge in [0.2, 0.25) is 0 Å². The molecule has 5 heteroatoms. The number of aromatic nitrogens is 4. The summed E-state index contributed by atoms with van der Waals surface area (Å²) in [6.45, 7) is 13.1. The van der Waals surface area contributed by atoms with Gasteiger partial charge in [0.15, 0.2) is 11.4 Å². The van der Waals surface area contributed by atoms with Gasteiger partial charge in [-0.05, 0) is 98.1 Å². The predicted octanol–water partition coefficient (Wildman–Crippen LogP) is 14.5. The normalized spacial score (nSPS) is 14.1. The molecule has 0 aliphatic carbocycles. The molecule has 0 aliphatic rings. The lowest BCUT2D eigenvalue weighted by molar-refractivity contribution is -0.571. The van der Waals surface area contributed by atoms with E-state index in [1.807, 2.05) is 123 Å². The van der Waals surface area contributed by atoms with Crippen LogP contribution in [0.15, 0.2) is 187 Å². The maximum absolute atomic E-state index is 9.84. The van der Waals surface area contributed by atoms with Crippen LogP contribution in [-0.4, -0.2) is 14.1 Å². The molecule has 0 aliphatic heterocycles. The molecule has 0 unspecified atom stereocenters. The molecule has 7 aromatic carbocycles. The first-order chi connectivity index (χ1) is 33.8. The highest BCUT2D eigenvalue weighted by atomic mass is 16.3. The first-order valence-corrected chi connectivity index (χ1v) is 21.6. The number of nitrogens with zero attached hydrogens (tertiary/aromatic N) is 4. The minimum atomic E-state index is -1.97. The maximum Gasteiger partial charge on any atom is 0.269 e. The summed E-state index contributed by atoms with van der Waals surface area (Å²) in [5.74, 6) is 0.620. The van der Waals surface area contributed by atoms with E-state index >= 15 is 0 Å². The molecule has 0 N–H and O–H groups in total. The van der Waals surface area contributed by atoms with Crippen LogP contribution in [0.1, 0.15) is 73.4 Å². The Balaban J connectivity index is 1.12. The van der Waals surface area contributed by atoms with Crippen LogP contribution < -0.4 is 4.57 Å². The fourth-order valence-electron chi connectivity index (χ4n) is 8.87. The molecule has 4 aromatic heterocycles. The van der Waals surface area contributed by atoms with Gasteiger partial charge in [-0.3, -0.25) is 13.7 Å². The average Bonchev–Trinajstić information content (AvgIpc) is 4.09. The van der Waals surface area contributed by atoms with Gasteiger partial charge < -0.3 is 4.42 Å². The van der Waals surface area contributed by atoms with Gasteiger partial charge in [-0.2, -0.15) is 0 Å². The molecule has 0 fully saturated rings. The van der Waals surface area contributed by atoms with Gasteiger partial charge in [-0.15, -0.1) is 0 Å². The quantitative estimate of drug-likeness (QED) is 0.118. The predicted molar refractivity (Wildman–Crippen MR) is 263 cm³/mol. The van der Waals surface area contributed by atoms with Crippen LogP contribution in [0.5, 0.6) is 0 Å². The van der Waals surface area contributed by atoms with Crippen LogP contribution in [0.4, 0.5) is 0 Å². The van der Waals surface area contributed by atoms with E-state index in [1.54, 1.807) is 18.5 Å². The molecule has 5 nitrogen and oxygen atoms in total. The number of hydrogen-bond donors (Lipinski definition) is 0. The van der Waals surface area contributed by atoms with E-state index in [4.69, 9.17) is 13.5 Å². The van der Waals surface area contributed by atoms with Gasteiger partial charge in [-0.25, -0.2) is 4.98 Å². The third-order valence-electron chi connectivity index (χ3n) is 12.2. The Morgan fingerprint density at radius 3 is 2.11 bits per heavy atom. The average molecular weight is 838 g/mol. The summed E-state index contributed by atoms with van der Waals surface area (Å²) in [5.41, 5.74) is 10.0. The van der Waals surface area contributed by atoms with Gasteiger partial charge in [-0.1, -0.05) is 175 Å². The lowest BCUT2D eigenvalue weighted by Gasteiger charge is -2.27. The lowest BCUT2D eigenvalue weighted by atomic mass is 9.78. The van der Waals surface area contributed by atoms with Gasteiger partial charge in [0.1, 0.15) is 0 Å². The Morgan fingerprint density at radius 1 is 0.641 bits per heavy atom. The summed E-state index contributed by atoms with van der Waals surface area (Å²) in [5, 5.41) is 2.89. The highest BCUT2D eigenvalue weighted by molar-refractivity contribution is 6.10. The van der Waals surface area contributed by atoms with Crippen LogP contribution in [0.2, 0.25) is 0 Å². The maximum atomic E-state index is 9.84. The number of imidazole rings is 1. The van der Waals surface area contributed by atoms with Crippen molar-refractivity contribution in [2.45, 2.75) is 58.7 Å². The van der Waals surface area contributed by atoms with Crippen LogP contribution in [0, 0.1) is 6.33 Å². The number of benzene rings is 7. The van der Waals surface area contributed by atoms with Crippen molar-refractivity contribution in [2.24, 2.45) is 0 Å². The van der Waals surface area contributed by atoms with Crippen molar-refractivity contribution in [3.8, 4) is 39.4 Å². The Labute approximate surface area is 384 Å². The molecular formula is C59H50N4O. The molecule has 0 spiro atoms. The first-order valence-electron chi connectivity index (χ1n) is 25.1. The van der Waals surface area contributed by atoms with Crippen molar-refractivity contribution >= 4 is 43.8 Å². The molecule has 11 rings (SSSR count). The molecule has 0 amide bonds. The molecule has 0 saturated heterocycles. The Morgan fingerprint density at radius 2 is 1.33 bits per heavy atom. The number of furan rings is 1. The number of para-hydroxylation sites is 4. The van der Waals surface area contributed by atoms with Crippen molar-refractivity contribution in [3.05, 3.63) is 211 Å². The van der Waals surface area contributed by atoms with Crippen molar-refractivity contribution in [1.29, 1.82) is 0 Å². The third kappa shape index (κ3) is 6.80. The lowest BCUT2D eigenvalue weighted by Crippen LogP contribution is -2.31. The van der Waals surface area contributed by atoms with Crippen molar-refractivity contribution in [2.75, 3.05) is 0 Å². The summed E-state index contributed by atoms with van der Waals surface area (Å²) in [6.07, 6.45) is 5.09. The zero-order chi connectivity index (χ0) is 49.9. The second-order valence-electron chi connectivity index (χ2n) is 18.5. The highest BCUT2D eigenvalue weighted by Crippen LogP contribution is 2.40. The zero-order valence-corrected chi connectivity index (χ0v) is 36.6. The summed E-state index contributed by atoms with van der Waals surface area (Å²) in [4.78, 5) is 4.78. The van der Waals surface area contributed by atoms with Crippen LogP contribution in [0.3, 0.4) is 0 Å². The molecule has 4 heterocycles. The standard InChI is InChI=1S/C59H50N4O/c1-58(2,3)44-35-43(36-45(37-44)59(4,5)6)48-22-15-21-47(41-17-8-7-9-18-41)55(48)62-38-61(52-24-12-13-25-53(52)62)46-19-14-16-39(33-46)32-40-26-27-50-49-20-10-11-23-51(49)63(54(50)34-40)57-56-42(28-30-60-57)29-31-64-56/h7-31,33-37H,32H2,1-6H3/i7D,8D,9D,17D,18D,32D2. The van der Waals surface area contributed by atoms with E-state index in [0.29, 0.717) is 39.5 Å². The number of rotatable bonds is 7. The fourth-order valence-corrected chi connectivity index (χ4v) is 8.87. The second-order valence-corrected chi connectivity index (χ2v) is 18.5. The number of fused-ring (bicyclic) bond motifs is 5. The molecular weight excluding hydrogens is 781 g/mol. The third-order valence-corrected chi connectivity index (χ3v) is 12.2. The van der Waals surface area contributed by atoms with E-state index in [9.17, 15) is 5.48 Å². The van der Waals surface area contributed by atoms with Crippen LogP contribution in [0.25, 0.3) is 83.3 Å². The molecule has 0 bridgehead atoms. The van der Waals surface area contributed by atoms with E-state index in [-0.39, 0.29) is 28.5 Å². The Bertz CT molecular complexity index is 3900. The monoisotopic (exact) mass is 837 g/mol. The van der Waals surface area contributed by atoms with Crippen molar-refractivity contribution < 1.29 is 18.6 Å². The Kier molecular flexibility index (Phi) is 7.60. The summed E-state index contributed by atoms with van der Waals surface area (Å²) < 4.78 is 75.8. The van der Waals surface area contributed by atoms with Crippen molar-refractivity contribution in [3.63, 3.8) is 0 Å². The van der Waals surface area contributed by atoms with E-state index in [2.05, 4.69) is 72.1 Å². The molecule has 11 aromatic rings. The minimum absolute atomic E-state index is 0.0800. The van der Waals surface area contributed by atoms with Gasteiger partial charge in [0.25, 0.3) is 6.33 Å². The highest BCUT2D eigenvalue weighted by Gasteiger charge is 2.25. The Hall–Kier alpha value is -7.50. The molecule has 64 heavy (non-hydrogen) atoms. The number of hydrogen-bond acceptors (Lipinski definition) is 2. The topological polar surface area (TPSA) is 39.8 Å². The fraction of sp³-hybridized carbons (Fsp3) is 0.153. The van der Waals surface area contributed by atoms with Crippen molar-refractivity contribution in [1.82, 2.24) is 14.1 Å². The molecule has 0 radical (unpaired) electrons. The SMILES string of the molecule is [2H]c1c([2H])c([2H])c(-c2cccc(-c3cc(C(C)(C)C)cc(C(C)(C)C)c3)c2-[n+]2[c-]n(-c3cccc(C([2H])([2H])c4ccc5c6ccccc6n(-c6nccc7ccoc67)c5c4)c3)c3ccccc32)c([2H])c1[2H]. The van der Waals surface area contributed by atoms with Crippen LogP contribution in [-0.2, 0) is 17.2 Å². The molecule has 0 saturated carbocycles. The van der Waals surface area contributed by atoms with Gasteiger partial charge in [0, 0.05) is 25.1 Å².